The Bertz CT molecular complexity index is 390. The van der Waals surface area contributed by atoms with Gasteiger partial charge in [0, 0.05) is 6.54 Å². The molecule has 18 heavy (non-hydrogen) atoms. The van der Waals surface area contributed by atoms with Gasteiger partial charge in [0.05, 0.1) is 11.8 Å². The number of alkyl halides is 1. The molecule has 1 aromatic rings. The van der Waals surface area contributed by atoms with Crippen LogP contribution < -0.4 is 5.32 Å². The molecule has 0 aliphatic rings. The smallest absolute Gasteiger partial charge is 0.224 e. The molecule has 100 valence electrons. The fourth-order valence-corrected chi connectivity index (χ4v) is 2.32. The zero-order chi connectivity index (χ0) is 13.5. The molecule has 1 amide bonds. The van der Waals surface area contributed by atoms with Crippen LogP contribution in [-0.2, 0) is 11.2 Å². The highest BCUT2D eigenvalue weighted by molar-refractivity contribution is 6.20. The lowest BCUT2D eigenvalue weighted by atomic mass is 10.1. The van der Waals surface area contributed by atoms with Crippen molar-refractivity contribution >= 4 is 17.5 Å². The molecule has 0 aliphatic carbocycles. The lowest BCUT2D eigenvalue weighted by Gasteiger charge is -2.13. The Kier molecular flexibility index (Phi) is 6.20. The van der Waals surface area contributed by atoms with Gasteiger partial charge in [0.15, 0.2) is 0 Å². The fraction of sp³-hybridized carbons (Fsp3) is 0.533. The zero-order valence-electron chi connectivity index (χ0n) is 11.4. The number of carbonyl (C=O) groups is 1. The number of nitrogens with one attached hydrogen (secondary N) is 1. The molecular formula is C15H22ClNO. The molecule has 0 saturated carbocycles. The lowest BCUT2D eigenvalue weighted by molar-refractivity contribution is -0.120. The average molecular weight is 268 g/mol. The molecule has 1 rings (SSSR count). The van der Waals surface area contributed by atoms with Crippen LogP contribution in [0, 0.1) is 12.8 Å². The van der Waals surface area contributed by atoms with Crippen molar-refractivity contribution in [1.82, 2.24) is 5.32 Å². The van der Waals surface area contributed by atoms with E-state index in [0.717, 1.165) is 12.0 Å². The molecule has 1 unspecified atom stereocenters. The molecular weight excluding hydrogens is 246 g/mol. The van der Waals surface area contributed by atoms with E-state index >= 15 is 0 Å². The molecule has 0 heterocycles. The summed E-state index contributed by atoms with van der Waals surface area (Å²) in [5.74, 6) is 0.594. The number of hydrogen-bond donors (Lipinski definition) is 1. The van der Waals surface area contributed by atoms with E-state index in [0.29, 0.717) is 18.9 Å². The monoisotopic (exact) mass is 267 g/mol. The minimum Gasteiger partial charge on any atom is -0.354 e. The van der Waals surface area contributed by atoms with E-state index in [1.807, 2.05) is 31.2 Å². The van der Waals surface area contributed by atoms with Gasteiger partial charge in [0.2, 0.25) is 5.91 Å². The minimum atomic E-state index is 0.0199. The summed E-state index contributed by atoms with van der Waals surface area (Å²) in [6.45, 7) is 6.83. The third-order valence-electron chi connectivity index (χ3n) is 2.70. The maximum Gasteiger partial charge on any atom is 0.224 e. The number of hydrogen-bond acceptors (Lipinski definition) is 1. The first-order valence-corrected chi connectivity index (χ1v) is 6.87. The molecule has 1 N–H and O–H groups in total. The second-order valence-electron chi connectivity index (χ2n) is 5.20. The quantitative estimate of drug-likeness (QED) is 0.788. The van der Waals surface area contributed by atoms with E-state index in [1.165, 1.54) is 5.56 Å². The standard InChI is InChI=1S/C15H22ClNO/c1-11(2)7-14(16)10-17-15(18)9-13-6-4-5-12(3)8-13/h4-6,8,11,14H,7,9-10H2,1-3H3,(H,17,18). The van der Waals surface area contributed by atoms with Gasteiger partial charge in [0.25, 0.3) is 0 Å². The number of carbonyl (C=O) groups excluding carboxylic acids is 1. The van der Waals surface area contributed by atoms with E-state index in [2.05, 4.69) is 19.2 Å². The summed E-state index contributed by atoms with van der Waals surface area (Å²) in [7, 11) is 0. The van der Waals surface area contributed by atoms with Gasteiger partial charge in [-0.1, -0.05) is 43.7 Å². The van der Waals surface area contributed by atoms with Crippen molar-refractivity contribution in [2.45, 2.75) is 39.0 Å². The van der Waals surface area contributed by atoms with E-state index in [9.17, 15) is 4.79 Å². The van der Waals surface area contributed by atoms with Crippen molar-refractivity contribution in [3.05, 3.63) is 35.4 Å². The molecule has 0 bridgehead atoms. The minimum absolute atomic E-state index is 0.0199. The molecule has 0 radical (unpaired) electrons. The Morgan fingerprint density at radius 2 is 2.11 bits per heavy atom. The van der Waals surface area contributed by atoms with Crippen LogP contribution in [0.1, 0.15) is 31.4 Å². The molecule has 0 aromatic heterocycles. The van der Waals surface area contributed by atoms with Gasteiger partial charge in [-0.3, -0.25) is 4.79 Å². The van der Waals surface area contributed by atoms with Crippen LogP contribution in [0.5, 0.6) is 0 Å². The molecule has 0 saturated heterocycles. The van der Waals surface area contributed by atoms with Crippen LogP contribution in [0.15, 0.2) is 24.3 Å². The van der Waals surface area contributed by atoms with Crippen LogP contribution in [0.3, 0.4) is 0 Å². The van der Waals surface area contributed by atoms with E-state index < -0.39 is 0 Å². The van der Waals surface area contributed by atoms with Crippen LogP contribution in [0.2, 0.25) is 0 Å². The molecule has 0 fully saturated rings. The summed E-state index contributed by atoms with van der Waals surface area (Å²) < 4.78 is 0. The molecule has 1 aromatic carbocycles. The summed E-state index contributed by atoms with van der Waals surface area (Å²) in [6, 6.07) is 8.00. The van der Waals surface area contributed by atoms with Gasteiger partial charge in [-0.05, 0) is 24.8 Å². The van der Waals surface area contributed by atoms with Crippen LogP contribution >= 0.6 is 11.6 Å². The Morgan fingerprint density at radius 1 is 1.39 bits per heavy atom. The summed E-state index contributed by atoms with van der Waals surface area (Å²) in [5, 5.41) is 2.90. The maximum absolute atomic E-state index is 11.7. The van der Waals surface area contributed by atoms with Crippen molar-refractivity contribution in [2.24, 2.45) is 5.92 Å². The normalized spacial score (nSPS) is 12.5. The summed E-state index contributed by atoms with van der Waals surface area (Å²) in [4.78, 5) is 11.7. The highest BCUT2D eigenvalue weighted by atomic mass is 35.5. The van der Waals surface area contributed by atoms with Crippen molar-refractivity contribution in [3.63, 3.8) is 0 Å². The lowest BCUT2D eigenvalue weighted by Crippen LogP contribution is -2.31. The van der Waals surface area contributed by atoms with Gasteiger partial charge >= 0.3 is 0 Å². The highest BCUT2D eigenvalue weighted by Gasteiger charge is 2.09. The topological polar surface area (TPSA) is 29.1 Å². The Labute approximate surface area is 115 Å². The second kappa shape index (κ2) is 7.42. The molecule has 2 nitrogen and oxygen atoms in total. The predicted octanol–water partition coefficient (Wildman–Crippen LogP) is 3.31. The van der Waals surface area contributed by atoms with E-state index in [1.54, 1.807) is 0 Å². The number of halogens is 1. The number of amides is 1. The van der Waals surface area contributed by atoms with E-state index in [-0.39, 0.29) is 11.3 Å². The van der Waals surface area contributed by atoms with Crippen molar-refractivity contribution in [1.29, 1.82) is 0 Å². The van der Waals surface area contributed by atoms with Gasteiger partial charge < -0.3 is 5.32 Å². The van der Waals surface area contributed by atoms with Gasteiger partial charge in [-0.15, -0.1) is 11.6 Å². The van der Waals surface area contributed by atoms with E-state index in [4.69, 9.17) is 11.6 Å². The zero-order valence-corrected chi connectivity index (χ0v) is 12.1. The third-order valence-corrected chi connectivity index (χ3v) is 3.03. The van der Waals surface area contributed by atoms with Crippen molar-refractivity contribution in [2.75, 3.05) is 6.54 Å². The largest absolute Gasteiger partial charge is 0.354 e. The molecule has 3 heteroatoms. The molecule has 1 atom stereocenters. The Hall–Kier alpha value is -1.02. The summed E-state index contributed by atoms with van der Waals surface area (Å²) in [5.41, 5.74) is 2.22. The van der Waals surface area contributed by atoms with Crippen LogP contribution in [0.4, 0.5) is 0 Å². The average Bonchev–Trinajstić information content (AvgIpc) is 2.25. The number of aryl methyl sites for hydroxylation is 1. The number of benzene rings is 1. The molecule has 0 aliphatic heterocycles. The molecule has 0 spiro atoms. The van der Waals surface area contributed by atoms with Crippen molar-refractivity contribution in [3.8, 4) is 0 Å². The number of rotatable bonds is 6. The maximum atomic E-state index is 11.7. The van der Waals surface area contributed by atoms with Crippen molar-refractivity contribution < 1.29 is 4.79 Å². The third kappa shape index (κ3) is 6.06. The summed E-state index contributed by atoms with van der Waals surface area (Å²) >= 11 is 6.13. The van der Waals surface area contributed by atoms with Crippen LogP contribution in [0.25, 0.3) is 0 Å². The van der Waals surface area contributed by atoms with Gasteiger partial charge in [-0.25, -0.2) is 0 Å². The first-order chi connectivity index (χ1) is 8.47. The Morgan fingerprint density at radius 3 is 2.72 bits per heavy atom. The second-order valence-corrected chi connectivity index (χ2v) is 5.81. The predicted molar refractivity (Wildman–Crippen MR) is 77.0 cm³/mol. The van der Waals surface area contributed by atoms with Crippen LogP contribution in [-0.4, -0.2) is 17.8 Å². The fourth-order valence-electron chi connectivity index (χ4n) is 1.89. The Balaban J connectivity index is 2.34. The summed E-state index contributed by atoms with van der Waals surface area (Å²) in [6.07, 6.45) is 1.35. The highest BCUT2D eigenvalue weighted by Crippen LogP contribution is 2.09. The SMILES string of the molecule is Cc1cccc(CC(=O)NCC(Cl)CC(C)C)c1. The first kappa shape index (κ1) is 15.0. The van der Waals surface area contributed by atoms with Gasteiger partial charge in [0.1, 0.15) is 0 Å². The van der Waals surface area contributed by atoms with Gasteiger partial charge in [-0.2, -0.15) is 0 Å². The first-order valence-electron chi connectivity index (χ1n) is 6.43.